The largest absolute Gasteiger partial charge is 0.385 e. The lowest BCUT2D eigenvalue weighted by molar-refractivity contribution is -0.385. The summed E-state index contributed by atoms with van der Waals surface area (Å²) < 4.78 is 0. The van der Waals surface area contributed by atoms with Crippen LogP contribution < -0.4 is 5.32 Å². The summed E-state index contributed by atoms with van der Waals surface area (Å²) in [5.41, 5.74) is 2.09. The molecule has 110 valence electrons. The fourth-order valence-corrected chi connectivity index (χ4v) is 2.96. The molecule has 4 nitrogen and oxygen atoms in total. The molecule has 0 saturated carbocycles. The van der Waals surface area contributed by atoms with Crippen molar-refractivity contribution >= 4 is 23.1 Å². The Labute approximate surface area is 128 Å². The molecule has 0 spiro atoms. The number of nitro groups is 1. The van der Waals surface area contributed by atoms with Gasteiger partial charge in [0.2, 0.25) is 0 Å². The number of non-ortho nitro benzene ring substituents is 1. The standard InChI is InChI=1S/C16H18N2O2S/c1-3-7-17-13-9-14(18(19)20)11-16(10-13)21-15-6-4-5-12(2)8-15/h4-6,8-11,17H,3,7H2,1-2H3. The van der Waals surface area contributed by atoms with Gasteiger partial charge in [-0.25, -0.2) is 0 Å². The van der Waals surface area contributed by atoms with E-state index < -0.39 is 0 Å². The van der Waals surface area contributed by atoms with E-state index in [1.807, 2.05) is 31.2 Å². The summed E-state index contributed by atoms with van der Waals surface area (Å²) in [5, 5.41) is 14.3. The van der Waals surface area contributed by atoms with Gasteiger partial charge in [-0.15, -0.1) is 0 Å². The molecule has 2 aromatic rings. The zero-order valence-corrected chi connectivity index (χ0v) is 12.9. The Bertz CT molecular complexity index is 644. The smallest absolute Gasteiger partial charge is 0.272 e. The molecule has 5 heteroatoms. The van der Waals surface area contributed by atoms with Gasteiger partial charge in [0.25, 0.3) is 5.69 Å². The SMILES string of the molecule is CCCNc1cc(Sc2cccc(C)c2)cc([N+](=O)[O-])c1. The monoisotopic (exact) mass is 302 g/mol. The van der Waals surface area contributed by atoms with Crippen molar-refractivity contribution in [2.45, 2.75) is 30.1 Å². The second kappa shape index (κ2) is 7.13. The molecule has 0 fully saturated rings. The maximum absolute atomic E-state index is 11.1. The molecular formula is C16H18N2O2S. The summed E-state index contributed by atoms with van der Waals surface area (Å²) in [4.78, 5) is 12.7. The number of aryl methyl sites for hydroxylation is 1. The number of nitrogens with zero attached hydrogens (tertiary/aromatic N) is 1. The average molecular weight is 302 g/mol. The Morgan fingerprint density at radius 2 is 2.00 bits per heavy atom. The first-order valence-electron chi connectivity index (χ1n) is 6.86. The summed E-state index contributed by atoms with van der Waals surface area (Å²) in [7, 11) is 0. The van der Waals surface area contributed by atoms with Crippen molar-refractivity contribution in [1.82, 2.24) is 0 Å². The van der Waals surface area contributed by atoms with Crippen LogP contribution in [-0.4, -0.2) is 11.5 Å². The van der Waals surface area contributed by atoms with Crippen molar-refractivity contribution in [1.29, 1.82) is 0 Å². The van der Waals surface area contributed by atoms with Crippen LogP contribution in [0.3, 0.4) is 0 Å². The molecule has 0 heterocycles. The zero-order valence-electron chi connectivity index (χ0n) is 12.1. The molecule has 0 aliphatic carbocycles. The van der Waals surface area contributed by atoms with E-state index in [4.69, 9.17) is 0 Å². The third kappa shape index (κ3) is 4.49. The number of hydrogen-bond donors (Lipinski definition) is 1. The van der Waals surface area contributed by atoms with Crippen LogP contribution in [0.5, 0.6) is 0 Å². The molecule has 21 heavy (non-hydrogen) atoms. The summed E-state index contributed by atoms with van der Waals surface area (Å²) in [6.07, 6.45) is 0.975. The van der Waals surface area contributed by atoms with E-state index in [-0.39, 0.29) is 10.6 Å². The maximum Gasteiger partial charge on any atom is 0.272 e. The van der Waals surface area contributed by atoms with E-state index in [9.17, 15) is 10.1 Å². The van der Waals surface area contributed by atoms with Gasteiger partial charge in [0, 0.05) is 34.2 Å². The minimum absolute atomic E-state index is 0.117. The van der Waals surface area contributed by atoms with E-state index in [1.54, 1.807) is 12.1 Å². The fourth-order valence-electron chi connectivity index (χ4n) is 1.93. The Morgan fingerprint density at radius 1 is 1.19 bits per heavy atom. The predicted octanol–water partition coefficient (Wildman–Crippen LogP) is 4.88. The quantitative estimate of drug-likeness (QED) is 0.610. The van der Waals surface area contributed by atoms with E-state index in [0.29, 0.717) is 0 Å². The van der Waals surface area contributed by atoms with Crippen LogP contribution >= 0.6 is 11.8 Å². The minimum Gasteiger partial charge on any atom is -0.385 e. The third-order valence-corrected chi connectivity index (χ3v) is 3.87. The van der Waals surface area contributed by atoms with Crippen LogP contribution in [0.1, 0.15) is 18.9 Å². The molecule has 1 N–H and O–H groups in total. The molecule has 0 radical (unpaired) electrons. The van der Waals surface area contributed by atoms with Crippen LogP contribution in [0.2, 0.25) is 0 Å². The second-order valence-corrected chi connectivity index (χ2v) is 5.96. The van der Waals surface area contributed by atoms with Gasteiger partial charge < -0.3 is 5.32 Å². The van der Waals surface area contributed by atoms with E-state index >= 15 is 0 Å². The van der Waals surface area contributed by atoms with Gasteiger partial charge in [-0.3, -0.25) is 10.1 Å². The van der Waals surface area contributed by atoms with Gasteiger partial charge in [-0.1, -0.05) is 36.4 Å². The van der Waals surface area contributed by atoms with Crippen molar-refractivity contribution in [3.05, 3.63) is 58.1 Å². The van der Waals surface area contributed by atoms with Crippen molar-refractivity contribution in [2.24, 2.45) is 0 Å². The van der Waals surface area contributed by atoms with Gasteiger partial charge in [0.1, 0.15) is 0 Å². The van der Waals surface area contributed by atoms with Crippen LogP contribution in [0, 0.1) is 17.0 Å². The molecule has 0 amide bonds. The van der Waals surface area contributed by atoms with Gasteiger partial charge >= 0.3 is 0 Å². The molecule has 2 aromatic carbocycles. The van der Waals surface area contributed by atoms with Gasteiger partial charge in [-0.05, 0) is 31.5 Å². The second-order valence-electron chi connectivity index (χ2n) is 4.82. The molecule has 0 atom stereocenters. The van der Waals surface area contributed by atoms with Crippen molar-refractivity contribution in [3.63, 3.8) is 0 Å². The summed E-state index contributed by atoms with van der Waals surface area (Å²) >= 11 is 1.54. The molecule has 0 unspecified atom stereocenters. The number of nitrogens with one attached hydrogen (secondary N) is 1. The first-order chi connectivity index (χ1) is 10.1. The Morgan fingerprint density at radius 3 is 2.67 bits per heavy atom. The molecule has 0 aromatic heterocycles. The van der Waals surface area contributed by atoms with E-state index in [2.05, 4.69) is 18.3 Å². The highest BCUT2D eigenvalue weighted by Gasteiger charge is 2.10. The van der Waals surface area contributed by atoms with Gasteiger partial charge in [0.05, 0.1) is 4.92 Å². The maximum atomic E-state index is 11.1. The molecule has 0 aliphatic heterocycles. The first kappa shape index (κ1) is 15.4. The molecule has 0 aliphatic rings. The van der Waals surface area contributed by atoms with Gasteiger partial charge in [0.15, 0.2) is 0 Å². The summed E-state index contributed by atoms with van der Waals surface area (Å²) in [5.74, 6) is 0. The predicted molar refractivity (Wildman–Crippen MR) is 87.2 cm³/mol. The van der Waals surface area contributed by atoms with E-state index in [1.165, 1.54) is 17.3 Å². The number of hydrogen-bond acceptors (Lipinski definition) is 4. The highest BCUT2D eigenvalue weighted by Crippen LogP contribution is 2.33. The van der Waals surface area contributed by atoms with Crippen LogP contribution in [-0.2, 0) is 0 Å². The number of anilines is 1. The van der Waals surface area contributed by atoms with Crippen molar-refractivity contribution < 1.29 is 4.92 Å². The molecule has 0 saturated heterocycles. The number of nitro benzene ring substituents is 1. The molecule has 2 rings (SSSR count). The molecular weight excluding hydrogens is 284 g/mol. The van der Waals surface area contributed by atoms with Crippen LogP contribution in [0.25, 0.3) is 0 Å². The lowest BCUT2D eigenvalue weighted by Crippen LogP contribution is -2.00. The minimum atomic E-state index is -0.350. The Balaban J connectivity index is 2.28. The lowest BCUT2D eigenvalue weighted by Gasteiger charge is -2.08. The van der Waals surface area contributed by atoms with Gasteiger partial charge in [-0.2, -0.15) is 0 Å². The Kier molecular flexibility index (Phi) is 5.22. The normalized spacial score (nSPS) is 10.4. The first-order valence-corrected chi connectivity index (χ1v) is 7.68. The zero-order chi connectivity index (χ0) is 15.2. The van der Waals surface area contributed by atoms with Crippen LogP contribution in [0.15, 0.2) is 52.3 Å². The highest BCUT2D eigenvalue weighted by molar-refractivity contribution is 7.99. The summed E-state index contributed by atoms with van der Waals surface area (Å²) in [6.45, 7) is 4.90. The van der Waals surface area contributed by atoms with Crippen molar-refractivity contribution in [3.8, 4) is 0 Å². The van der Waals surface area contributed by atoms with E-state index in [0.717, 1.165) is 28.4 Å². The number of rotatable bonds is 6. The highest BCUT2D eigenvalue weighted by atomic mass is 32.2. The third-order valence-electron chi connectivity index (χ3n) is 2.91. The summed E-state index contributed by atoms with van der Waals surface area (Å²) in [6, 6.07) is 13.3. The lowest BCUT2D eigenvalue weighted by atomic mass is 10.2. The Hall–Kier alpha value is -2.01. The van der Waals surface area contributed by atoms with Crippen LogP contribution in [0.4, 0.5) is 11.4 Å². The fraction of sp³-hybridized carbons (Fsp3) is 0.250. The molecule has 0 bridgehead atoms. The topological polar surface area (TPSA) is 55.2 Å². The number of benzene rings is 2. The van der Waals surface area contributed by atoms with Crippen molar-refractivity contribution in [2.75, 3.05) is 11.9 Å². The average Bonchev–Trinajstić information content (AvgIpc) is 2.45.